The van der Waals surface area contributed by atoms with Gasteiger partial charge in [0.1, 0.15) is 0 Å². The van der Waals surface area contributed by atoms with E-state index in [1.807, 2.05) is 0 Å². The standard InChI is InChI=1S/2C8H11.Sn/c2*1-7(2)8-5-3-4-6-8;/h2*3-7H,1-2H3;. The molecule has 2 rings (SSSR count). The molecule has 0 heterocycles. The first-order chi connectivity index (χ1) is 8.01. The van der Waals surface area contributed by atoms with Gasteiger partial charge in [0.15, 0.2) is 0 Å². The Kier molecular flexibility index (Phi) is 3.72. The van der Waals surface area contributed by atoms with E-state index in [1.165, 1.54) is 0 Å². The molecule has 0 saturated carbocycles. The summed E-state index contributed by atoms with van der Waals surface area (Å²) in [6.07, 6.45) is 18.9. The van der Waals surface area contributed by atoms with Gasteiger partial charge in [-0.1, -0.05) is 0 Å². The Morgan fingerprint density at radius 1 is 0.647 bits per heavy atom. The fraction of sp³-hybridized carbons (Fsp3) is 0.500. The first-order valence-corrected chi connectivity index (χ1v) is 9.40. The third-order valence-corrected chi connectivity index (χ3v) is 11.7. The van der Waals surface area contributed by atoms with Crippen LogP contribution in [0.25, 0.3) is 0 Å². The SMILES string of the molecule is CC(C)[C]1([Sn][C]2(C(C)C)C=CC=C2)C=CC=C1. The zero-order chi connectivity index (χ0) is 12.5. The van der Waals surface area contributed by atoms with Crippen molar-refractivity contribution in [2.24, 2.45) is 11.8 Å². The molecule has 0 amide bonds. The average Bonchev–Trinajstić information content (AvgIpc) is 2.88. The molecule has 17 heavy (non-hydrogen) atoms. The van der Waals surface area contributed by atoms with Crippen molar-refractivity contribution in [2.75, 3.05) is 0 Å². The zero-order valence-corrected chi connectivity index (χ0v) is 14.1. The third-order valence-electron chi connectivity index (χ3n) is 4.05. The summed E-state index contributed by atoms with van der Waals surface area (Å²) < 4.78 is 0.819. The zero-order valence-electron chi connectivity index (χ0n) is 11.3. The van der Waals surface area contributed by atoms with Gasteiger partial charge in [0, 0.05) is 0 Å². The normalized spacial score (nSPS) is 23.4. The molecule has 0 saturated heterocycles. The Labute approximate surface area is 116 Å². The summed E-state index contributed by atoms with van der Waals surface area (Å²) in [7, 11) is 0. The van der Waals surface area contributed by atoms with Crippen LogP contribution in [0, 0.1) is 11.8 Å². The van der Waals surface area contributed by atoms with Crippen molar-refractivity contribution in [2.45, 2.75) is 34.6 Å². The molecule has 0 aromatic carbocycles. The van der Waals surface area contributed by atoms with Crippen LogP contribution in [0.4, 0.5) is 0 Å². The topological polar surface area (TPSA) is 0 Å². The molecular formula is C16H22Sn. The summed E-state index contributed by atoms with van der Waals surface area (Å²) in [4.78, 5) is 0. The molecule has 90 valence electrons. The van der Waals surface area contributed by atoms with Gasteiger partial charge in [0.2, 0.25) is 0 Å². The maximum absolute atomic E-state index is 2.47. The van der Waals surface area contributed by atoms with Gasteiger partial charge in [-0.25, -0.2) is 0 Å². The summed E-state index contributed by atoms with van der Waals surface area (Å²) in [6.45, 7) is 9.49. The van der Waals surface area contributed by atoms with Crippen LogP contribution in [-0.4, -0.2) is 21.1 Å². The van der Waals surface area contributed by atoms with Gasteiger partial charge in [-0.2, -0.15) is 0 Å². The molecule has 2 aliphatic rings. The molecule has 0 bridgehead atoms. The van der Waals surface area contributed by atoms with Gasteiger partial charge in [-0.3, -0.25) is 0 Å². The van der Waals surface area contributed by atoms with E-state index in [1.54, 1.807) is 0 Å². The fourth-order valence-electron chi connectivity index (χ4n) is 2.57. The van der Waals surface area contributed by atoms with E-state index < -0.39 is 21.1 Å². The summed E-state index contributed by atoms with van der Waals surface area (Å²) in [5, 5.41) is 0. The van der Waals surface area contributed by atoms with Crippen molar-refractivity contribution in [3.8, 4) is 0 Å². The number of hydrogen-bond donors (Lipinski definition) is 0. The monoisotopic (exact) mass is 334 g/mol. The molecule has 0 unspecified atom stereocenters. The third kappa shape index (κ3) is 2.33. The summed E-state index contributed by atoms with van der Waals surface area (Å²) in [5.74, 6) is 1.45. The molecule has 0 atom stereocenters. The van der Waals surface area contributed by atoms with E-state index in [4.69, 9.17) is 0 Å². The quantitative estimate of drug-likeness (QED) is 0.661. The van der Waals surface area contributed by atoms with Crippen LogP contribution in [0.2, 0.25) is 6.86 Å². The summed E-state index contributed by atoms with van der Waals surface area (Å²) in [6, 6.07) is 0. The first kappa shape index (κ1) is 13.2. The van der Waals surface area contributed by atoms with Crippen LogP contribution in [0.15, 0.2) is 48.6 Å². The number of allylic oxidation sites excluding steroid dienone is 8. The molecule has 1 heteroatoms. The Balaban J connectivity index is 2.30. The van der Waals surface area contributed by atoms with Gasteiger partial charge in [-0.15, -0.1) is 0 Å². The molecule has 0 aliphatic heterocycles. The van der Waals surface area contributed by atoms with Crippen LogP contribution >= 0.6 is 0 Å². The Hall–Kier alpha value is -0.241. The van der Waals surface area contributed by atoms with Gasteiger partial charge >= 0.3 is 116 Å². The minimum absolute atomic E-state index is 0.409. The maximum atomic E-state index is 2.47. The van der Waals surface area contributed by atoms with E-state index in [0.717, 1.165) is 11.8 Å². The van der Waals surface area contributed by atoms with Crippen LogP contribution in [0.3, 0.4) is 0 Å². The predicted molar refractivity (Wildman–Crippen MR) is 77.4 cm³/mol. The van der Waals surface area contributed by atoms with E-state index in [0.29, 0.717) is 6.86 Å². The second-order valence-corrected chi connectivity index (χ2v) is 11.4. The fourth-order valence-corrected chi connectivity index (χ4v) is 8.41. The summed E-state index contributed by atoms with van der Waals surface area (Å²) in [5.41, 5.74) is 0. The molecule has 0 fully saturated rings. The predicted octanol–water partition coefficient (Wildman–Crippen LogP) is 4.57. The van der Waals surface area contributed by atoms with Crippen LogP contribution in [0.1, 0.15) is 27.7 Å². The molecule has 0 spiro atoms. The van der Waals surface area contributed by atoms with Crippen molar-refractivity contribution in [3.63, 3.8) is 0 Å². The van der Waals surface area contributed by atoms with Crippen molar-refractivity contribution < 1.29 is 0 Å². The Morgan fingerprint density at radius 2 is 0.941 bits per heavy atom. The van der Waals surface area contributed by atoms with Crippen molar-refractivity contribution in [1.29, 1.82) is 0 Å². The average molecular weight is 333 g/mol. The second kappa shape index (κ2) is 4.79. The summed E-state index contributed by atoms with van der Waals surface area (Å²) >= 11 is -0.624. The molecule has 0 aromatic rings. The van der Waals surface area contributed by atoms with Gasteiger partial charge in [0.05, 0.1) is 0 Å². The molecule has 2 aliphatic carbocycles. The molecule has 0 nitrogen and oxygen atoms in total. The van der Waals surface area contributed by atoms with E-state index in [2.05, 4.69) is 76.3 Å². The van der Waals surface area contributed by atoms with E-state index >= 15 is 0 Å². The van der Waals surface area contributed by atoms with Crippen LogP contribution in [0.5, 0.6) is 0 Å². The van der Waals surface area contributed by atoms with Crippen molar-refractivity contribution in [1.82, 2.24) is 0 Å². The first-order valence-electron chi connectivity index (χ1n) is 6.54. The van der Waals surface area contributed by atoms with E-state index in [-0.39, 0.29) is 0 Å². The second-order valence-electron chi connectivity index (χ2n) is 5.74. The Bertz CT molecular complexity index is 332. The van der Waals surface area contributed by atoms with Gasteiger partial charge in [0.25, 0.3) is 0 Å². The van der Waals surface area contributed by atoms with Crippen molar-refractivity contribution >= 4 is 21.1 Å². The molecular weight excluding hydrogens is 311 g/mol. The number of rotatable bonds is 4. The molecule has 0 N–H and O–H groups in total. The molecule has 0 aromatic heterocycles. The minimum atomic E-state index is -0.624. The van der Waals surface area contributed by atoms with Crippen LogP contribution in [-0.2, 0) is 0 Å². The number of hydrogen-bond acceptors (Lipinski definition) is 0. The molecule has 2 radical (unpaired) electrons. The van der Waals surface area contributed by atoms with Crippen LogP contribution < -0.4 is 0 Å². The Morgan fingerprint density at radius 3 is 1.18 bits per heavy atom. The van der Waals surface area contributed by atoms with E-state index in [9.17, 15) is 0 Å². The van der Waals surface area contributed by atoms with Gasteiger partial charge < -0.3 is 0 Å². The van der Waals surface area contributed by atoms with Gasteiger partial charge in [-0.05, 0) is 0 Å². The van der Waals surface area contributed by atoms with Crippen molar-refractivity contribution in [3.05, 3.63) is 48.6 Å².